The third-order valence-corrected chi connectivity index (χ3v) is 3.89. The molecule has 3 aromatic carbocycles. The molecule has 0 fully saturated rings. The molecule has 0 saturated carbocycles. The summed E-state index contributed by atoms with van der Waals surface area (Å²) in [6.07, 6.45) is 1.54. The molecule has 0 amide bonds. The van der Waals surface area contributed by atoms with Crippen LogP contribution in [0.3, 0.4) is 0 Å². The van der Waals surface area contributed by atoms with Crippen molar-refractivity contribution in [3.8, 4) is 11.1 Å². The van der Waals surface area contributed by atoms with Gasteiger partial charge in [-0.1, -0.05) is 48.5 Å². The molecule has 0 aliphatic heterocycles. The normalized spacial score (nSPS) is 13.3. The minimum absolute atomic E-state index is 0.194. The molecule has 0 unspecified atom stereocenters. The average molecular weight is 272 g/mol. The number of aliphatic hydroxyl groups is 1. The van der Waals surface area contributed by atoms with E-state index in [0.29, 0.717) is 5.56 Å². The van der Waals surface area contributed by atoms with E-state index in [0.717, 1.165) is 27.5 Å². The van der Waals surface area contributed by atoms with Gasteiger partial charge in [-0.3, -0.25) is 4.79 Å². The number of benzene rings is 3. The number of carbonyl (C=O) groups is 1. The first-order valence-corrected chi connectivity index (χ1v) is 6.81. The van der Waals surface area contributed by atoms with Gasteiger partial charge in [0.1, 0.15) is 0 Å². The fourth-order valence-electron chi connectivity index (χ4n) is 2.90. The second-order valence-corrected chi connectivity index (χ2v) is 5.19. The van der Waals surface area contributed by atoms with Crippen molar-refractivity contribution in [3.63, 3.8) is 0 Å². The summed E-state index contributed by atoms with van der Waals surface area (Å²) in [7, 11) is 0. The molecule has 4 rings (SSSR count). The lowest BCUT2D eigenvalue weighted by Crippen LogP contribution is -2.08. The molecule has 0 spiro atoms. The van der Waals surface area contributed by atoms with E-state index in [-0.39, 0.29) is 11.5 Å². The third kappa shape index (κ3) is 1.77. The number of carbonyl (C=O) groups excluding carboxylic acids is 1. The van der Waals surface area contributed by atoms with Crippen LogP contribution in [0.4, 0.5) is 0 Å². The summed E-state index contributed by atoms with van der Waals surface area (Å²) < 4.78 is 0. The highest BCUT2D eigenvalue weighted by atomic mass is 16.3. The van der Waals surface area contributed by atoms with E-state index in [1.807, 2.05) is 54.6 Å². The van der Waals surface area contributed by atoms with E-state index in [2.05, 4.69) is 6.07 Å². The Hall–Kier alpha value is -2.87. The molecule has 1 aliphatic carbocycles. The minimum atomic E-state index is -0.309. The largest absolute Gasteiger partial charge is 0.504 e. The first-order valence-electron chi connectivity index (χ1n) is 6.81. The standard InChI is InChI=1S/C19H12O2/c20-17-11-14-8-4-7-13-9-15(12-5-2-1-3-6-12)10-16(18(13)14)19(17)21/h1-11,20H. The van der Waals surface area contributed by atoms with Crippen molar-refractivity contribution in [3.05, 3.63) is 77.5 Å². The molecular weight excluding hydrogens is 260 g/mol. The first-order chi connectivity index (χ1) is 10.2. The van der Waals surface area contributed by atoms with Gasteiger partial charge in [0.15, 0.2) is 5.76 Å². The minimum Gasteiger partial charge on any atom is -0.504 e. The number of allylic oxidation sites excluding steroid dienone is 1. The maximum atomic E-state index is 12.3. The Morgan fingerprint density at radius 3 is 2.43 bits per heavy atom. The van der Waals surface area contributed by atoms with Crippen LogP contribution in [0.15, 0.2) is 66.4 Å². The second-order valence-electron chi connectivity index (χ2n) is 5.19. The smallest absolute Gasteiger partial charge is 0.227 e. The van der Waals surface area contributed by atoms with Crippen LogP contribution in [0, 0.1) is 0 Å². The van der Waals surface area contributed by atoms with E-state index in [4.69, 9.17) is 0 Å². The number of hydrogen-bond acceptors (Lipinski definition) is 2. The molecule has 0 bridgehead atoms. The monoisotopic (exact) mass is 272 g/mol. The van der Waals surface area contributed by atoms with Crippen LogP contribution in [-0.2, 0) is 0 Å². The lowest BCUT2D eigenvalue weighted by Gasteiger charge is -2.15. The van der Waals surface area contributed by atoms with E-state index in [1.54, 1.807) is 6.08 Å². The van der Waals surface area contributed by atoms with Crippen LogP contribution in [0.2, 0.25) is 0 Å². The number of rotatable bonds is 1. The van der Waals surface area contributed by atoms with Gasteiger partial charge >= 0.3 is 0 Å². The van der Waals surface area contributed by atoms with Crippen molar-refractivity contribution < 1.29 is 9.90 Å². The molecule has 3 aromatic rings. The van der Waals surface area contributed by atoms with Crippen molar-refractivity contribution >= 4 is 22.6 Å². The Bertz CT molecular complexity index is 906. The van der Waals surface area contributed by atoms with Crippen LogP contribution in [-0.4, -0.2) is 10.9 Å². The highest BCUT2D eigenvalue weighted by Crippen LogP contribution is 2.34. The van der Waals surface area contributed by atoms with Crippen molar-refractivity contribution in [2.75, 3.05) is 0 Å². The summed E-state index contributed by atoms with van der Waals surface area (Å²) in [6.45, 7) is 0. The summed E-state index contributed by atoms with van der Waals surface area (Å²) in [6, 6.07) is 19.7. The van der Waals surface area contributed by atoms with Crippen LogP contribution >= 0.6 is 0 Å². The highest BCUT2D eigenvalue weighted by molar-refractivity contribution is 6.22. The van der Waals surface area contributed by atoms with Gasteiger partial charge in [-0.25, -0.2) is 0 Å². The van der Waals surface area contributed by atoms with E-state index in [9.17, 15) is 9.90 Å². The van der Waals surface area contributed by atoms with Crippen molar-refractivity contribution in [1.82, 2.24) is 0 Å². The number of Topliss-reactive ketones (excluding diaryl/α,β-unsaturated/α-hetero) is 1. The number of hydrogen-bond donors (Lipinski definition) is 1. The number of ketones is 1. The zero-order chi connectivity index (χ0) is 14.4. The summed E-state index contributed by atoms with van der Waals surface area (Å²) in [5.41, 5.74) is 3.50. The van der Waals surface area contributed by atoms with Gasteiger partial charge in [-0.2, -0.15) is 0 Å². The van der Waals surface area contributed by atoms with Gasteiger partial charge < -0.3 is 5.11 Å². The zero-order valence-electron chi connectivity index (χ0n) is 11.2. The fraction of sp³-hybridized carbons (Fsp3) is 0. The molecule has 21 heavy (non-hydrogen) atoms. The van der Waals surface area contributed by atoms with Gasteiger partial charge in [0.2, 0.25) is 5.78 Å². The van der Waals surface area contributed by atoms with Gasteiger partial charge in [-0.05, 0) is 40.3 Å². The van der Waals surface area contributed by atoms with Gasteiger partial charge in [0, 0.05) is 10.9 Å². The number of aliphatic hydroxyl groups excluding tert-OH is 1. The van der Waals surface area contributed by atoms with Gasteiger partial charge in [0.25, 0.3) is 0 Å². The summed E-state index contributed by atoms with van der Waals surface area (Å²) in [5.74, 6) is -0.503. The fourth-order valence-corrected chi connectivity index (χ4v) is 2.90. The molecule has 1 N–H and O–H groups in total. The third-order valence-electron chi connectivity index (χ3n) is 3.89. The Morgan fingerprint density at radius 2 is 1.62 bits per heavy atom. The molecule has 0 radical (unpaired) electrons. The molecule has 1 aliphatic rings. The van der Waals surface area contributed by atoms with E-state index >= 15 is 0 Å². The Labute approximate surface area is 122 Å². The molecule has 2 heteroatoms. The lowest BCUT2D eigenvalue weighted by atomic mass is 9.88. The Morgan fingerprint density at radius 1 is 0.810 bits per heavy atom. The molecule has 100 valence electrons. The van der Waals surface area contributed by atoms with Crippen molar-refractivity contribution in [2.24, 2.45) is 0 Å². The molecular formula is C19H12O2. The van der Waals surface area contributed by atoms with Gasteiger partial charge in [-0.15, -0.1) is 0 Å². The molecule has 0 heterocycles. The van der Waals surface area contributed by atoms with Crippen LogP contribution in [0.25, 0.3) is 28.0 Å². The van der Waals surface area contributed by atoms with Crippen molar-refractivity contribution in [1.29, 1.82) is 0 Å². The van der Waals surface area contributed by atoms with Crippen LogP contribution in [0.5, 0.6) is 0 Å². The van der Waals surface area contributed by atoms with E-state index in [1.165, 1.54) is 0 Å². The second kappa shape index (κ2) is 4.32. The van der Waals surface area contributed by atoms with Crippen LogP contribution < -0.4 is 0 Å². The molecule has 0 atom stereocenters. The molecule has 0 aromatic heterocycles. The first kappa shape index (κ1) is 11.9. The van der Waals surface area contributed by atoms with Crippen LogP contribution in [0.1, 0.15) is 15.9 Å². The Balaban J connectivity index is 2.08. The quantitative estimate of drug-likeness (QED) is 0.702. The zero-order valence-corrected chi connectivity index (χ0v) is 11.2. The van der Waals surface area contributed by atoms with Gasteiger partial charge in [0.05, 0.1) is 0 Å². The highest BCUT2D eigenvalue weighted by Gasteiger charge is 2.22. The summed E-state index contributed by atoms with van der Waals surface area (Å²) >= 11 is 0. The maximum Gasteiger partial charge on any atom is 0.227 e. The summed E-state index contributed by atoms with van der Waals surface area (Å²) in [5, 5.41) is 11.8. The van der Waals surface area contributed by atoms with Crippen molar-refractivity contribution in [2.45, 2.75) is 0 Å². The Kier molecular flexibility index (Phi) is 2.45. The average Bonchev–Trinajstić information content (AvgIpc) is 2.53. The molecule has 0 saturated heterocycles. The predicted molar refractivity (Wildman–Crippen MR) is 84.3 cm³/mol. The molecule has 2 nitrogen and oxygen atoms in total. The lowest BCUT2D eigenvalue weighted by molar-refractivity contribution is 0.0981. The SMILES string of the molecule is O=C1C(O)=Cc2cccc3cc(-c4ccccc4)cc1c23. The van der Waals surface area contributed by atoms with E-state index < -0.39 is 0 Å². The topological polar surface area (TPSA) is 37.3 Å². The predicted octanol–water partition coefficient (Wildman–Crippen LogP) is 4.60. The summed E-state index contributed by atoms with van der Waals surface area (Å²) in [4.78, 5) is 12.3. The maximum absolute atomic E-state index is 12.3.